The summed E-state index contributed by atoms with van der Waals surface area (Å²) >= 11 is 0. The Morgan fingerprint density at radius 2 is 2.12 bits per heavy atom. The number of carbonyl (C=O) groups is 2. The number of benzene rings is 1. The number of piperidine rings is 1. The summed E-state index contributed by atoms with van der Waals surface area (Å²) < 4.78 is 13.4. The molecule has 0 bridgehead atoms. The lowest BCUT2D eigenvalue weighted by Crippen LogP contribution is -2.47. The summed E-state index contributed by atoms with van der Waals surface area (Å²) in [6.45, 7) is 3.37. The minimum atomic E-state index is -0.558. The Morgan fingerprint density at radius 3 is 2.75 bits per heavy atom. The topological polar surface area (TPSA) is 69.6 Å². The van der Waals surface area contributed by atoms with E-state index in [-0.39, 0.29) is 30.3 Å². The fourth-order valence-corrected chi connectivity index (χ4v) is 3.70. The van der Waals surface area contributed by atoms with Gasteiger partial charge >= 0.3 is 0 Å². The average molecular weight is 334 g/mol. The predicted molar refractivity (Wildman–Crippen MR) is 88.0 cm³/mol. The summed E-state index contributed by atoms with van der Waals surface area (Å²) in [6.07, 6.45) is 2.51. The number of fused-ring (bicyclic) bond motifs is 1. The lowest BCUT2D eigenvalue weighted by atomic mass is 9.76. The monoisotopic (exact) mass is 334 g/mol. The van der Waals surface area contributed by atoms with Gasteiger partial charge in [-0.25, -0.2) is 4.39 Å². The van der Waals surface area contributed by atoms with E-state index in [2.05, 4.69) is 12.2 Å². The maximum atomic E-state index is 13.4. The summed E-state index contributed by atoms with van der Waals surface area (Å²) in [6, 6.07) is 4.16. The largest absolute Gasteiger partial charge is 0.396 e. The third kappa shape index (κ3) is 3.02. The number of anilines is 1. The maximum Gasteiger partial charge on any atom is 0.230 e. The number of likely N-dealkylation sites (tertiary alicyclic amines) is 1. The van der Waals surface area contributed by atoms with Crippen molar-refractivity contribution in [3.8, 4) is 0 Å². The van der Waals surface area contributed by atoms with E-state index < -0.39 is 11.7 Å². The Hall–Kier alpha value is -1.95. The molecule has 0 saturated carbocycles. The van der Waals surface area contributed by atoms with Gasteiger partial charge in [0.25, 0.3) is 0 Å². The zero-order valence-corrected chi connectivity index (χ0v) is 13.8. The van der Waals surface area contributed by atoms with Crippen LogP contribution >= 0.6 is 0 Å². The van der Waals surface area contributed by atoms with Crippen molar-refractivity contribution in [1.29, 1.82) is 0 Å². The van der Waals surface area contributed by atoms with Crippen LogP contribution in [0.1, 0.15) is 44.1 Å². The number of carbonyl (C=O) groups excluding carboxylic acids is 2. The maximum absolute atomic E-state index is 13.4. The average Bonchev–Trinajstić information content (AvgIpc) is 2.60. The first-order valence-corrected chi connectivity index (χ1v) is 8.47. The number of hydrogen-bond donors (Lipinski definition) is 2. The molecule has 2 aliphatic heterocycles. The minimum absolute atomic E-state index is 0.0830. The van der Waals surface area contributed by atoms with Crippen molar-refractivity contribution in [2.75, 3.05) is 25.0 Å². The molecule has 1 saturated heterocycles. The number of nitrogens with one attached hydrogen (secondary N) is 1. The summed E-state index contributed by atoms with van der Waals surface area (Å²) in [7, 11) is 0. The summed E-state index contributed by atoms with van der Waals surface area (Å²) in [5.74, 6) is -1.34. The van der Waals surface area contributed by atoms with Crippen molar-refractivity contribution in [2.24, 2.45) is 5.41 Å². The molecule has 5 nitrogen and oxygen atoms in total. The number of halogens is 1. The Bertz CT molecular complexity index is 648. The molecule has 2 N–H and O–H groups in total. The Balaban J connectivity index is 1.78. The number of nitrogens with zero attached hydrogens (tertiary/aromatic N) is 1. The van der Waals surface area contributed by atoms with E-state index in [1.54, 1.807) is 11.0 Å². The molecule has 6 heteroatoms. The van der Waals surface area contributed by atoms with Gasteiger partial charge in [0.2, 0.25) is 11.8 Å². The molecule has 2 aliphatic rings. The zero-order chi connectivity index (χ0) is 17.3. The molecule has 0 aliphatic carbocycles. The summed E-state index contributed by atoms with van der Waals surface area (Å²) in [4.78, 5) is 26.6. The van der Waals surface area contributed by atoms with Gasteiger partial charge < -0.3 is 15.3 Å². The van der Waals surface area contributed by atoms with Crippen molar-refractivity contribution in [3.63, 3.8) is 0 Å². The van der Waals surface area contributed by atoms with Crippen molar-refractivity contribution in [1.82, 2.24) is 4.90 Å². The lowest BCUT2D eigenvalue weighted by molar-refractivity contribution is -0.137. The van der Waals surface area contributed by atoms with Gasteiger partial charge in [0.05, 0.1) is 5.92 Å². The minimum Gasteiger partial charge on any atom is -0.396 e. The van der Waals surface area contributed by atoms with Crippen molar-refractivity contribution >= 4 is 17.5 Å². The van der Waals surface area contributed by atoms with E-state index in [0.717, 1.165) is 19.3 Å². The second-order valence-electron chi connectivity index (χ2n) is 6.87. The molecule has 2 heterocycles. The second-order valence-corrected chi connectivity index (χ2v) is 6.87. The molecular weight excluding hydrogens is 311 g/mol. The molecule has 1 aromatic carbocycles. The quantitative estimate of drug-likeness (QED) is 0.891. The molecule has 1 fully saturated rings. The number of rotatable bonds is 3. The number of aliphatic hydroxyl groups excluding tert-OH is 1. The Morgan fingerprint density at radius 1 is 1.42 bits per heavy atom. The summed E-state index contributed by atoms with van der Waals surface area (Å²) in [5.41, 5.74) is 0.970. The SMILES string of the molecule is CCC1(CO)CCN(C(=O)C2CC(=O)Nc3cc(F)ccc32)CC1. The molecule has 0 spiro atoms. The van der Waals surface area contributed by atoms with E-state index in [9.17, 15) is 19.1 Å². The Labute approximate surface area is 140 Å². The molecular formula is C18H23FN2O3. The van der Waals surface area contributed by atoms with Gasteiger partial charge in [-0.15, -0.1) is 0 Å². The number of hydrogen-bond acceptors (Lipinski definition) is 3. The second kappa shape index (κ2) is 6.51. The van der Waals surface area contributed by atoms with Crippen LogP contribution in [-0.2, 0) is 9.59 Å². The first kappa shape index (κ1) is 16.9. The predicted octanol–water partition coefficient (Wildman–Crippen LogP) is 2.26. The standard InChI is InChI=1S/C18H23FN2O3/c1-2-18(11-22)5-7-21(8-6-18)17(24)14-10-16(23)20-15-9-12(19)3-4-13(14)15/h3-4,9,14,22H,2,5-8,10-11H2,1H3,(H,20,23). The highest BCUT2D eigenvalue weighted by atomic mass is 19.1. The first-order valence-electron chi connectivity index (χ1n) is 8.47. The van der Waals surface area contributed by atoms with Crippen molar-refractivity contribution in [2.45, 2.75) is 38.5 Å². The molecule has 3 rings (SSSR count). The van der Waals surface area contributed by atoms with Gasteiger partial charge in [0.15, 0.2) is 0 Å². The smallest absolute Gasteiger partial charge is 0.230 e. The van der Waals surface area contributed by atoms with Crippen LogP contribution in [0, 0.1) is 11.2 Å². The van der Waals surface area contributed by atoms with Gasteiger partial charge in [-0.1, -0.05) is 13.0 Å². The lowest BCUT2D eigenvalue weighted by Gasteiger charge is -2.41. The molecule has 2 amide bonds. The van der Waals surface area contributed by atoms with Crippen LogP contribution in [0.3, 0.4) is 0 Å². The number of aliphatic hydroxyl groups is 1. The van der Waals surface area contributed by atoms with Crippen LogP contribution in [0.2, 0.25) is 0 Å². The van der Waals surface area contributed by atoms with Gasteiger partial charge in [0, 0.05) is 31.8 Å². The van der Waals surface area contributed by atoms with Crippen LogP contribution in [0.15, 0.2) is 18.2 Å². The molecule has 1 atom stereocenters. The van der Waals surface area contributed by atoms with Crippen LogP contribution in [0.5, 0.6) is 0 Å². The first-order chi connectivity index (χ1) is 11.5. The van der Waals surface area contributed by atoms with Crippen LogP contribution in [0.4, 0.5) is 10.1 Å². The van der Waals surface area contributed by atoms with Gasteiger partial charge in [-0.3, -0.25) is 9.59 Å². The van der Waals surface area contributed by atoms with E-state index >= 15 is 0 Å². The van der Waals surface area contributed by atoms with Crippen LogP contribution in [0.25, 0.3) is 0 Å². The third-order valence-electron chi connectivity index (χ3n) is 5.57. The fraction of sp³-hybridized carbons (Fsp3) is 0.556. The molecule has 1 aromatic rings. The third-order valence-corrected chi connectivity index (χ3v) is 5.57. The van der Waals surface area contributed by atoms with Gasteiger partial charge in [-0.2, -0.15) is 0 Å². The summed E-state index contributed by atoms with van der Waals surface area (Å²) in [5, 5.41) is 12.3. The van der Waals surface area contributed by atoms with Crippen molar-refractivity contribution in [3.05, 3.63) is 29.6 Å². The van der Waals surface area contributed by atoms with E-state index in [1.807, 2.05) is 0 Å². The molecule has 130 valence electrons. The Kier molecular flexibility index (Phi) is 4.58. The number of amides is 2. The normalized spacial score (nSPS) is 22.7. The van der Waals surface area contributed by atoms with Crippen LogP contribution in [-0.4, -0.2) is 41.5 Å². The van der Waals surface area contributed by atoms with E-state index in [1.165, 1.54) is 12.1 Å². The van der Waals surface area contributed by atoms with Crippen molar-refractivity contribution < 1.29 is 19.1 Å². The zero-order valence-electron chi connectivity index (χ0n) is 13.8. The van der Waals surface area contributed by atoms with E-state index in [0.29, 0.717) is 24.3 Å². The molecule has 1 unspecified atom stereocenters. The highest BCUT2D eigenvalue weighted by molar-refractivity contribution is 6.01. The highest BCUT2D eigenvalue weighted by Gasteiger charge is 2.38. The molecule has 0 radical (unpaired) electrons. The fourth-order valence-electron chi connectivity index (χ4n) is 3.70. The van der Waals surface area contributed by atoms with Gasteiger partial charge in [0.1, 0.15) is 5.82 Å². The molecule has 0 aromatic heterocycles. The van der Waals surface area contributed by atoms with E-state index in [4.69, 9.17) is 0 Å². The van der Waals surface area contributed by atoms with Gasteiger partial charge in [-0.05, 0) is 42.4 Å². The molecule has 24 heavy (non-hydrogen) atoms. The van der Waals surface area contributed by atoms with Crippen LogP contribution < -0.4 is 5.32 Å². The highest BCUT2D eigenvalue weighted by Crippen LogP contribution is 2.38.